The summed E-state index contributed by atoms with van der Waals surface area (Å²) < 4.78 is 26.3. The molecular weight excluding hydrogens is 316 g/mol. The van der Waals surface area contributed by atoms with Crippen LogP contribution in [0.1, 0.15) is 36.0 Å². The predicted octanol–water partition coefficient (Wildman–Crippen LogP) is 1.69. The van der Waals surface area contributed by atoms with Gasteiger partial charge in [0.05, 0.1) is 5.56 Å². The predicted molar refractivity (Wildman–Crippen MR) is 86.6 cm³/mol. The van der Waals surface area contributed by atoms with Crippen LogP contribution in [0.15, 0.2) is 18.2 Å². The minimum absolute atomic E-state index is 0.0668. The van der Waals surface area contributed by atoms with E-state index in [1.54, 1.807) is 0 Å². The Morgan fingerprint density at radius 3 is 2.83 bits per heavy atom. The van der Waals surface area contributed by atoms with Gasteiger partial charge in [0.25, 0.3) is 5.91 Å². The van der Waals surface area contributed by atoms with E-state index in [9.17, 15) is 18.4 Å². The summed E-state index contributed by atoms with van der Waals surface area (Å²) in [6.07, 6.45) is 2.87. The first-order valence-electron chi connectivity index (χ1n) is 8.19. The fourth-order valence-corrected chi connectivity index (χ4v) is 2.81. The Morgan fingerprint density at radius 2 is 2.12 bits per heavy atom. The molecule has 0 spiro atoms. The van der Waals surface area contributed by atoms with Gasteiger partial charge in [0.1, 0.15) is 11.6 Å². The van der Waals surface area contributed by atoms with Crippen molar-refractivity contribution in [3.05, 3.63) is 35.4 Å². The van der Waals surface area contributed by atoms with Crippen molar-refractivity contribution < 1.29 is 18.4 Å². The number of nitrogens with zero attached hydrogens (tertiary/aromatic N) is 1. The number of piperidine rings is 1. The molecule has 5 nitrogen and oxygen atoms in total. The summed E-state index contributed by atoms with van der Waals surface area (Å²) in [6, 6.07) is 3.16. The highest BCUT2D eigenvalue weighted by molar-refractivity contribution is 5.94. The minimum atomic E-state index is -0.894. The lowest BCUT2D eigenvalue weighted by molar-refractivity contribution is -0.132. The van der Waals surface area contributed by atoms with E-state index in [-0.39, 0.29) is 18.0 Å². The first-order chi connectivity index (χ1) is 11.5. The van der Waals surface area contributed by atoms with Gasteiger partial charge in [0.2, 0.25) is 5.91 Å². The molecule has 24 heavy (non-hydrogen) atoms. The van der Waals surface area contributed by atoms with Gasteiger partial charge in [-0.25, -0.2) is 8.78 Å². The van der Waals surface area contributed by atoms with Crippen LogP contribution in [0, 0.1) is 11.6 Å². The second kappa shape index (κ2) is 8.73. The molecule has 1 fully saturated rings. The number of halogens is 2. The zero-order valence-electron chi connectivity index (χ0n) is 13.8. The monoisotopic (exact) mass is 339 g/mol. The van der Waals surface area contributed by atoms with Crippen LogP contribution < -0.4 is 10.6 Å². The summed E-state index contributed by atoms with van der Waals surface area (Å²) in [5.74, 6) is -2.16. The zero-order valence-corrected chi connectivity index (χ0v) is 13.8. The maximum absolute atomic E-state index is 13.5. The molecule has 1 aliphatic heterocycles. The minimum Gasteiger partial charge on any atom is -0.352 e. The Balaban J connectivity index is 1.72. The van der Waals surface area contributed by atoms with Gasteiger partial charge in [0.15, 0.2) is 0 Å². The van der Waals surface area contributed by atoms with E-state index in [1.165, 1.54) is 0 Å². The summed E-state index contributed by atoms with van der Waals surface area (Å²) in [5, 5.41) is 5.74. The van der Waals surface area contributed by atoms with Crippen molar-refractivity contribution in [2.45, 2.75) is 31.7 Å². The second-order valence-corrected chi connectivity index (χ2v) is 5.95. The normalized spacial score (nSPS) is 17.6. The molecule has 0 saturated carbocycles. The van der Waals surface area contributed by atoms with Crippen molar-refractivity contribution >= 4 is 11.8 Å². The van der Waals surface area contributed by atoms with Crippen molar-refractivity contribution in [3.8, 4) is 0 Å². The standard InChI is InChI=1S/C17H23F2N3O2/c1-20-13-4-3-9-22(11-13)16(23)5-2-8-21-17(24)14-7-6-12(18)10-15(14)19/h6-7,10,13,20H,2-5,8-9,11H2,1H3,(H,21,24). The molecule has 1 aromatic carbocycles. The number of hydrogen-bond donors (Lipinski definition) is 2. The van der Waals surface area contributed by atoms with Crippen LogP contribution >= 0.6 is 0 Å². The van der Waals surface area contributed by atoms with Crippen LogP contribution in [0.2, 0.25) is 0 Å². The lowest BCUT2D eigenvalue weighted by atomic mass is 10.1. The highest BCUT2D eigenvalue weighted by Gasteiger charge is 2.22. The van der Waals surface area contributed by atoms with Crippen LogP contribution in [-0.4, -0.2) is 49.4 Å². The van der Waals surface area contributed by atoms with E-state index in [4.69, 9.17) is 0 Å². The van der Waals surface area contributed by atoms with Gasteiger partial charge in [0, 0.05) is 38.2 Å². The number of amides is 2. The number of nitrogens with one attached hydrogen (secondary N) is 2. The summed E-state index contributed by atoms with van der Waals surface area (Å²) in [5.41, 5.74) is -0.199. The van der Waals surface area contributed by atoms with Crippen molar-refractivity contribution in [3.63, 3.8) is 0 Å². The van der Waals surface area contributed by atoms with Gasteiger partial charge in [-0.3, -0.25) is 9.59 Å². The number of carbonyl (C=O) groups excluding carboxylic acids is 2. The van der Waals surface area contributed by atoms with Crippen LogP contribution in [-0.2, 0) is 4.79 Å². The van der Waals surface area contributed by atoms with Gasteiger partial charge < -0.3 is 15.5 Å². The number of benzene rings is 1. The number of rotatable bonds is 6. The third-order valence-corrected chi connectivity index (χ3v) is 4.21. The van der Waals surface area contributed by atoms with Gasteiger partial charge in [-0.2, -0.15) is 0 Å². The molecule has 7 heteroatoms. The van der Waals surface area contributed by atoms with E-state index >= 15 is 0 Å². The number of carbonyl (C=O) groups is 2. The highest BCUT2D eigenvalue weighted by atomic mass is 19.1. The average Bonchev–Trinajstić information content (AvgIpc) is 2.58. The molecule has 0 aromatic heterocycles. The Labute approximate surface area is 140 Å². The zero-order chi connectivity index (χ0) is 17.5. The lowest BCUT2D eigenvalue weighted by Gasteiger charge is -2.32. The lowest BCUT2D eigenvalue weighted by Crippen LogP contribution is -2.47. The molecule has 0 bridgehead atoms. The number of likely N-dealkylation sites (tertiary alicyclic amines) is 1. The summed E-state index contributed by atoms with van der Waals surface area (Å²) in [7, 11) is 1.89. The fourth-order valence-electron chi connectivity index (χ4n) is 2.81. The average molecular weight is 339 g/mol. The SMILES string of the molecule is CNC1CCCN(C(=O)CCCNC(=O)c2ccc(F)cc2F)C1. The summed E-state index contributed by atoms with van der Waals surface area (Å²) in [4.78, 5) is 25.8. The first kappa shape index (κ1) is 18.3. The van der Waals surface area contributed by atoms with Crippen molar-refractivity contribution in [2.24, 2.45) is 0 Å². The Hall–Kier alpha value is -2.02. The summed E-state index contributed by atoms with van der Waals surface area (Å²) >= 11 is 0. The molecule has 1 aromatic rings. The third kappa shape index (κ3) is 4.99. The molecule has 1 unspecified atom stereocenters. The quantitative estimate of drug-likeness (QED) is 0.776. The highest BCUT2D eigenvalue weighted by Crippen LogP contribution is 2.12. The largest absolute Gasteiger partial charge is 0.352 e. The molecule has 1 atom stereocenters. The third-order valence-electron chi connectivity index (χ3n) is 4.21. The topological polar surface area (TPSA) is 61.4 Å². The van der Waals surface area contributed by atoms with Gasteiger partial charge in [-0.1, -0.05) is 0 Å². The molecule has 1 saturated heterocycles. The molecule has 2 amide bonds. The van der Waals surface area contributed by atoms with Crippen molar-refractivity contribution in [1.29, 1.82) is 0 Å². The molecule has 2 N–H and O–H groups in total. The van der Waals surface area contributed by atoms with Crippen LogP contribution in [0.25, 0.3) is 0 Å². The van der Waals surface area contributed by atoms with Crippen LogP contribution in [0.4, 0.5) is 8.78 Å². The second-order valence-electron chi connectivity index (χ2n) is 5.95. The number of likely N-dealkylation sites (N-methyl/N-ethyl adjacent to an activating group) is 1. The summed E-state index contributed by atoms with van der Waals surface area (Å²) in [6.45, 7) is 1.75. The van der Waals surface area contributed by atoms with Crippen molar-refractivity contribution in [2.75, 3.05) is 26.7 Å². The molecule has 1 aliphatic rings. The molecule has 132 valence electrons. The first-order valence-corrected chi connectivity index (χ1v) is 8.19. The van der Waals surface area contributed by atoms with Gasteiger partial charge >= 0.3 is 0 Å². The molecule has 0 radical (unpaired) electrons. The molecule has 0 aliphatic carbocycles. The smallest absolute Gasteiger partial charge is 0.254 e. The Bertz CT molecular complexity index is 595. The van der Waals surface area contributed by atoms with Gasteiger partial charge in [-0.05, 0) is 38.4 Å². The van der Waals surface area contributed by atoms with E-state index in [2.05, 4.69) is 10.6 Å². The van der Waals surface area contributed by atoms with E-state index in [1.807, 2.05) is 11.9 Å². The Kier molecular flexibility index (Phi) is 6.66. The maximum atomic E-state index is 13.5. The van der Waals surface area contributed by atoms with E-state index in [0.717, 1.165) is 31.5 Å². The Morgan fingerprint density at radius 1 is 1.33 bits per heavy atom. The molecule has 2 rings (SSSR count). The van der Waals surface area contributed by atoms with Crippen molar-refractivity contribution in [1.82, 2.24) is 15.5 Å². The van der Waals surface area contributed by atoms with Gasteiger partial charge in [-0.15, -0.1) is 0 Å². The fraction of sp³-hybridized carbons (Fsp3) is 0.529. The van der Waals surface area contributed by atoms with E-state index < -0.39 is 17.5 Å². The van der Waals surface area contributed by atoms with Crippen LogP contribution in [0.5, 0.6) is 0 Å². The maximum Gasteiger partial charge on any atom is 0.254 e. The van der Waals surface area contributed by atoms with Crippen LogP contribution in [0.3, 0.4) is 0 Å². The number of hydrogen-bond acceptors (Lipinski definition) is 3. The molecule has 1 heterocycles. The molecular formula is C17H23F2N3O2. The van der Waals surface area contributed by atoms with E-state index in [0.29, 0.717) is 31.5 Å².